The Balaban J connectivity index is 2.54. The second-order valence-corrected chi connectivity index (χ2v) is 4.22. The predicted molar refractivity (Wildman–Crippen MR) is 56.0 cm³/mol. The summed E-state index contributed by atoms with van der Waals surface area (Å²) in [5.41, 5.74) is 0. The molecule has 0 heterocycles. The molecule has 13 heavy (non-hydrogen) atoms. The first-order valence-corrected chi connectivity index (χ1v) is 5.16. The van der Waals surface area contributed by atoms with Crippen molar-refractivity contribution in [3.8, 4) is 0 Å². The smallest absolute Gasteiger partial charge is 0.161 e. The minimum atomic E-state index is -0.218. The van der Waals surface area contributed by atoms with Crippen molar-refractivity contribution in [2.45, 2.75) is 39.2 Å². The van der Waals surface area contributed by atoms with Gasteiger partial charge in [-0.25, -0.2) is 4.99 Å². The van der Waals surface area contributed by atoms with Crippen molar-refractivity contribution in [1.29, 1.82) is 0 Å². The topological polar surface area (TPSA) is 29.4 Å². The standard InChI is InChI=1S/C10H15NOS/c1-7(2)5-9(11-6-13)10(12)8-3-4-8/h7-9H,3-5H2,1-2H3. The van der Waals surface area contributed by atoms with Crippen molar-refractivity contribution in [3.63, 3.8) is 0 Å². The van der Waals surface area contributed by atoms with Crippen molar-refractivity contribution >= 4 is 23.2 Å². The van der Waals surface area contributed by atoms with Gasteiger partial charge in [0, 0.05) is 5.92 Å². The van der Waals surface area contributed by atoms with Gasteiger partial charge in [0.25, 0.3) is 0 Å². The van der Waals surface area contributed by atoms with E-state index in [4.69, 9.17) is 0 Å². The van der Waals surface area contributed by atoms with Crippen LogP contribution in [-0.2, 0) is 4.79 Å². The monoisotopic (exact) mass is 197 g/mol. The molecule has 1 fully saturated rings. The van der Waals surface area contributed by atoms with Gasteiger partial charge in [-0.1, -0.05) is 13.8 Å². The molecule has 0 aliphatic heterocycles. The van der Waals surface area contributed by atoms with Crippen molar-refractivity contribution in [2.75, 3.05) is 0 Å². The van der Waals surface area contributed by atoms with E-state index in [9.17, 15) is 4.79 Å². The predicted octanol–water partition coefficient (Wildman–Crippen LogP) is 2.48. The van der Waals surface area contributed by atoms with Crippen LogP contribution < -0.4 is 0 Å². The number of hydrogen-bond donors (Lipinski definition) is 0. The van der Waals surface area contributed by atoms with Crippen LogP contribution in [0.4, 0.5) is 0 Å². The molecule has 1 saturated carbocycles. The largest absolute Gasteiger partial charge is 0.297 e. The van der Waals surface area contributed by atoms with Gasteiger partial charge in [-0.15, -0.1) is 0 Å². The summed E-state index contributed by atoms with van der Waals surface area (Å²) in [6.45, 7) is 4.18. The van der Waals surface area contributed by atoms with Gasteiger partial charge < -0.3 is 0 Å². The lowest BCUT2D eigenvalue weighted by Crippen LogP contribution is -2.22. The zero-order valence-electron chi connectivity index (χ0n) is 8.12. The number of carbonyl (C=O) groups is 1. The van der Waals surface area contributed by atoms with Gasteiger partial charge in [0.2, 0.25) is 0 Å². The summed E-state index contributed by atoms with van der Waals surface area (Å²) in [6.07, 6.45) is 2.89. The Kier molecular flexibility index (Phi) is 3.76. The second kappa shape index (κ2) is 4.64. The van der Waals surface area contributed by atoms with Gasteiger partial charge in [-0.3, -0.25) is 4.79 Å². The summed E-state index contributed by atoms with van der Waals surface area (Å²) in [5, 5.41) is 2.32. The summed E-state index contributed by atoms with van der Waals surface area (Å²) in [4.78, 5) is 15.6. The lowest BCUT2D eigenvalue weighted by Gasteiger charge is -2.11. The SMILES string of the molecule is CC(C)CC(N=C=S)C(=O)C1CC1. The highest BCUT2D eigenvalue weighted by atomic mass is 32.1. The average molecular weight is 197 g/mol. The second-order valence-electron chi connectivity index (χ2n) is 4.04. The normalized spacial score (nSPS) is 18.1. The highest BCUT2D eigenvalue weighted by molar-refractivity contribution is 7.78. The molecule has 2 nitrogen and oxygen atoms in total. The molecule has 0 amide bonds. The van der Waals surface area contributed by atoms with E-state index in [1.165, 1.54) is 0 Å². The van der Waals surface area contributed by atoms with E-state index in [2.05, 4.69) is 36.2 Å². The molecule has 1 aliphatic rings. The third kappa shape index (κ3) is 3.37. The number of ketones is 1. The van der Waals surface area contributed by atoms with Crippen LogP contribution in [0.3, 0.4) is 0 Å². The minimum Gasteiger partial charge on any atom is -0.297 e. The van der Waals surface area contributed by atoms with E-state index >= 15 is 0 Å². The fourth-order valence-corrected chi connectivity index (χ4v) is 1.51. The summed E-state index contributed by atoms with van der Waals surface area (Å²) in [6, 6.07) is -0.218. The molecule has 1 aliphatic carbocycles. The molecule has 0 aromatic heterocycles. The fourth-order valence-electron chi connectivity index (χ4n) is 1.38. The number of nitrogens with zero attached hydrogens (tertiary/aromatic N) is 1. The molecule has 0 radical (unpaired) electrons. The molecule has 1 unspecified atom stereocenters. The number of aliphatic imine (C=N–C) groups is 1. The van der Waals surface area contributed by atoms with E-state index in [0.29, 0.717) is 5.92 Å². The molecule has 0 saturated heterocycles. The number of hydrogen-bond acceptors (Lipinski definition) is 3. The maximum atomic E-state index is 11.7. The van der Waals surface area contributed by atoms with Crippen LogP contribution in [0.5, 0.6) is 0 Å². The van der Waals surface area contributed by atoms with Crippen LogP contribution in [0.15, 0.2) is 4.99 Å². The van der Waals surface area contributed by atoms with E-state index in [1.54, 1.807) is 0 Å². The summed E-state index contributed by atoms with van der Waals surface area (Å²) in [7, 11) is 0. The van der Waals surface area contributed by atoms with Crippen molar-refractivity contribution in [1.82, 2.24) is 0 Å². The molecular weight excluding hydrogens is 182 g/mol. The van der Waals surface area contributed by atoms with Crippen LogP contribution in [0.1, 0.15) is 33.1 Å². The van der Waals surface area contributed by atoms with Gasteiger partial charge in [0.15, 0.2) is 5.78 Å². The molecule has 0 N–H and O–H groups in total. The highest BCUT2D eigenvalue weighted by Gasteiger charge is 2.34. The summed E-state index contributed by atoms with van der Waals surface area (Å²) >= 11 is 4.54. The van der Waals surface area contributed by atoms with Gasteiger partial charge in [-0.05, 0) is 37.4 Å². The quantitative estimate of drug-likeness (QED) is 0.500. The number of isothiocyanates is 1. The Morgan fingerprint density at radius 2 is 2.23 bits per heavy atom. The van der Waals surface area contributed by atoms with Gasteiger partial charge in [0.1, 0.15) is 6.04 Å². The van der Waals surface area contributed by atoms with Gasteiger partial charge in [-0.2, -0.15) is 0 Å². The van der Waals surface area contributed by atoms with E-state index < -0.39 is 0 Å². The number of Topliss-reactive ketones (excluding diaryl/α,β-unsaturated/α-hetero) is 1. The van der Waals surface area contributed by atoms with Crippen LogP contribution in [0, 0.1) is 11.8 Å². The lowest BCUT2D eigenvalue weighted by molar-refractivity contribution is -0.121. The Labute approximate surface area is 84.4 Å². The minimum absolute atomic E-state index is 0.218. The fraction of sp³-hybridized carbons (Fsp3) is 0.800. The molecule has 3 heteroatoms. The number of thiocarbonyl (C=S) groups is 1. The lowest BCUT2D eigenvalue weighted by atomic mass is 9.98. The molecule has 0 aromatic carbocycles. The number of rotatable bonds is 5. The third-order valence-corrected chi connectivity index (χ3v) is 2.32. The van der Waals surface area contributed by atoms with Gasteiger partial charge in [0.05, 0.1) is 5.16 Å². The van der Waals surface area contributed by atoms with Gasteiger partial charge >= 0.3 is 0 Å². The van der Waals surface area contributed by atoms with Crippen LogP contribution in [0.2, 0.25) is 0 Å². The van der Waals surface area contributed by atoms with Crippen LogP contribution in [0.25, 0.3) is 0 Å². The maximum Gasteiger partial charge on any atom is 0.161 e. The average Bonchev–Trinajstić information content (AvgIpc) is 2.84. The van der Waals surface area contributed by atoms with Crippen molar-refractivity contribution < 1.29 is 4.79 Å². The van der Waals surface area contributed by atoms with Crippen molar-refractivity contribution in [2.24, 2.45) is 16.8 Å². The first-order valence-electron chi connectivity index (χ1n) is 4.76. The number of carbonyl (C=O) groups excluding carboxylic acids is 1. The zero-order valence-corrected chi connectivity index (χ0v) is 8.93. The molecule has 72 valence electrons. The Morgan fingerprint density at radius 1 is 1.62 bits per heavy atom. The Morgan fingerprint density at radius 3 is 2.62 bits per heavy atom. The van der Waals surface area contributed by atoms with E-state index in [0.717, 1.165) is 19.3 Å². The molecule has 0 spiro atoms. The highest BCUT2D eigenvalue weighted by Crippen LogP contribution is 2.32. The first kappa shape index (κ1) is 10.6. The summed E-state index contributed by atoms with van der Waals surface area (Å²) in [5.74, 6) is 1.03. The zero-order chi connectivity index (χ0) is 9.84. The Bertz CT molecular complexity index is 239. The maximum absolute atomic E-state index is 11.7. The van der Waals surface area contributed by atoms with E-state index in [1.807, 2.05) is 0 Å². The van der Waals surface area contributed by atoms with E-state index in [-0.39, 0.29) is 17.7 Å². The third-order valence-electron chi connectivity index (χ3n) is 2.21. The van der Waals surface area contributed by atoms with Crippen molar-refractivity contribution in [3.05, 3.63) is 0 Å². The molecule has 0 aromatic rings. The Hall–Kier alpha value is -0.530. The summed E-state index contributed by atoms with van der Waals surface area (Å²) < 4.78 is 0. The molecule has 0 bridgehead atoms. The molecule has 1 atom stereocenters. The first-order chi connectivity index (χ1) is 6.15. The molecule has 1 rings (SSSR count). The van der Waals surface area contributed by atoms with Crippen LogP contribution in [-0.4, -0.2) is 17.0 Å². The molecular formula is C10H15NOS. The van der Waals surface area contributed by atoms with Crippen LogP contribution >= 0.6 is 12.2 Å².